The van der Waals surface area contributed by atoms with Gasteiger partial charge in [0, 0.05) is 37.7 Å². The Labute approximate surface area is 210 Å². The summed E-state index contributed by atoms with van der Waals surface area (Å²) in [6, 6.07) is 7.96. The van der Waals surface area contributed by atoms with Gasteiger partial charge >= 0.3 is 0 Å². The number of hydrogen-bond acceptors (Lipinski definition) is 6. The summed E-state index contributed by atoms with van der Waals surface area (Å²) >= 11 is 0. The number of Topliss-reactive ketones (excluding diaryl/α,β-unsaturated/α-hetero) is 1. The number of ketones is 1. The van der Waals surface area contributed by atoms with E-state index in [-0.39, 0.29) is 24.2 Å². The number of pyridine rings is 1. The SMILES string of the molecule is COc1cc(-c2cnc3cc(C4CCCN4CCO)ccn23)cc(OC(C)F)c1C(=O)CCC1CC1. The molecule has 0 spiro atoms. The summed E-state index contributed by atoms with van der Waals surface area (Å²) in [6.07, 6.45) is 7.92. The lowest BCUT2D eigenvalue weighted by Crippen LogP contribution is -2.26. The Kier molecular flexibility index (Phi) is 7.25. The van der Waals surface area contributed by atoms with Crippen molar-refractivity contribution in [3.63, 3.8) is 0 Å². The molecule has 2 atom stereocenters. The minimum absolute atomic E-state index is 0.0901. The number of imidazole rings is 1. The van der Waals surface area contributed by atoms with Crippen LogP contribution >= 0.6 is 0 Å². The molecule has 1 saturated heterocycles. The Morgan fingerprint density at radius 3 is 2.78 bits per heavy atom. The molecular weight excluding hydrogens is 461 g/mol. The number of carbonyl (C=O) groups is 1. The van der Waals surface area contributed by atoms with Gasteiger partial charge in [0.15, 0.2) is 5.78 Å². The van der Waals surface area contributed by atoms with Crippen LogP contribution < -0.4 is 9.47 Å². The highest BCUT2D eigenvalue weighted by Gasteiger charge is 2.28. The summed E-state index contributed by atoms with van der Waals surface area (Å²) in [4.78, 5) is 20.0. The molecule has 7 nitrogen and oxygen atoms in total. The largest absolute Gasteiger partial charge is 0.496 e. The van der Waals surface area contributed by atoms with Crippen LogP contribution in [0, 0.1) is 5.92 Å². The number of likely N-dealkylation sites (tertiary alicyclic amines) is 1. The number of ether oxygens (including phenoxy) is 2. The van der Waals surface area contributed by atoms with Crippen molar-refractivity contribution in [2.75, 3.05) is 26.8 Å². The van der Waals surface area contributed by atoms with Crippen molar-refractivity contribution < 1.29 is 23.8 Å². The third-order valence-corrected chi connectivity index (χ3v) is 7.30. The lowest BCUT2D eigenvalue weighted by atomic mass is 9.99. The molecule has 2 fully saturated rings. The highest BCUT2D eigenvalue weighted by Crippen LogP contribution is 2.40. The molecule has 3 heterocycles. The van der Waals surface area contributed by atoms with Gasteiger partial charge in [0.1, 0.15) is 22.7 Å². The van der Waals surface area contributed by atoms with Gasteiger partial charge in [-0.05, 0) is 61.6 Å². The van der Waals surface area contributed by atoms with Gasteiger partial charge in [-0.15, -0.1) is 0 Å². The van der Waals surface area contributed by atoms with Crippen molar-refractivity contribution in [2.24, 2.45) is 5.92 Å². The molecule has 2 unspecified atom stereocenters. The molecule has 2 aromatic heterocycles. The molecule has 2 aliphatic rings. The van der Waals surface area contributed by atoms with Crippen LogP contribution in [0.3, 0.4) is 0 Å². The zero-order chi connectivity index (χ0) is 25.2. The van der Waals surface area contributed by atoms with E-state index in [1.807, 2.05) is 10.6 Å². The maximum atomic E-state index is 14.0. The average Bonchev–Trinajstić information content (AvgIpc) is 3.41. The number of hydrogen-bond donors (Lipinski definition) is 1. The lowest BCUT2D eigenvalue weighted by molar-refractivity contribution is 0.0817. The fraction of sp³-hybridized carbons (Fsp3) is 0.500. The van der Waals surface area contributed by atoms with E-state index in [9.17, 15) is 14.3 Å². The van der Waals surface area contributed by atoms with Gasteiger partial charge in [-0.25, -0.2) is 9.37 Å². The molecule has 36 heavy (non-hydrogen) atoms. The van der Waals surface area contributed by atoms with E-state index < -0.39 is 6.36 Å². The Hall–Kier alpha value is -2.97. The molecular formula is C28H34FN3O4. The molecule has 0 amide bonds. The van der Waals surface area contributed by atoms with E-state index in [1.54, 1.807) is 18.3 Å². The van der Waals surface area contributed by atoms with Crippen molar-refractivity contribution in [3.8, 4) is 22.8 Å². The van der Waals surface area contributed by atoms with Crippen LogP contribution in [-0.2, 0) is 0 Å². The smallest absolute Gasteiger partial charge is 0.235 e. The Morgan fingerprint density at radius 2 is 2.06 bits per heavy atom. The van der Waals surface area contributed by atoms with Crippen LogP contribution in [0.4, 0.5) is 4.39 Å². The second-order valence-corrected chi connectivity index (χ2v) is 9.87. The average molecular weight is 496 g/mol. The Bertz CT molecular complexity index is 1240. The molecule has 192 valence electrons. The van der Waals surface area contributed by atoms with E-state index in [0.717, 1.165) is 42.7 Å². The van der Waals surface area contributed by atoms with Crippen LogP contribution in [-0.4, -0.2) is 58.3 Å². The normalized spacial score (nSPS) is 19.1. The molecule has 1 aliphatic heterocycles. The van der Waals surface area contributed by atoms with E-state index in [1.165, 1.54) is 32.4 Å². The molecule has 3 aromatic rings. The molecule has 5 rings (SSSR count). The number of rotatable bonds is 11. The summed E-state index contributed by atoms with van der Waals surface area (Å²) in [5.41, 5.74) is 3.79. The van der Waals surface area contributed by atoms with Gasteiger partial charge in [0.2, 0.25) is 6.36 Å². The fourth-order valence-electron chi connectivity index (χ4n) is 5.33. The van der Waals surface area contributed by atoms with Crippen molar-refractivity contribution in [2.45, 2.75) is 57.8 Å². The number of carbonyl (C=O) groups excluding carboxylic acids is 1. The number of β-amino-alcohol motifs (C(OH)–C–C–N with tert-alkyl or cyclic N) is 1. The maximum Gasteiger partial charge on any atom is 0.235 e. The van der Waals surface area contributed by atoms with Crippen LogP contribution in [0.2, 0.25) is 0 Å². The minimum Gasteiger partial charge on any atom is -0.496 e. The third-order valence-electron chi connectivity index (χ3n) is 7.30. The van der Waals surface area contributed by atoms with Gasteiger partial charge in [-0.3, -0.25) is 14.1 Å². The first-order valence-corrected chi connectivity index (χ1v) is 12.9. The topological polar surface area (TPSA) is 76.3 Å². The summed E-state index contributed by atoms with van der Waals surface area (Å²) in [5.74, 6) is 1.10. The molecule has 8 heteroatoms. The predicted molar refractivity (Wildman–Crippen MR) is 135 cm³/mol. The summed E-state index contributed by atoms with van der Waals surface area (Å²) < 4.78 is 27.0. The summed E-state index contributed by atoms with van der Waals surface area (Å²) in [7, 11) is 1.51. The number of fused-ring (bicyclic) bond motifs is 1. The van der Waals surface area contributed by atoms with Crippen LogP contribution in [0.25, 0.3) is 16.9 Å². The molecule has 0 radical (unpaired) electrons. The number of aromatic nitrogens is 2. The van der Waals surface area contributed by atoms with Gasteiger partial charge < -0.3 is 14.6 Å². The second-order valence-electron chi connectivity index (χ2n) is 9.87. The van der Waals surface area contributed by atoms with E-state index in [4.69, 9.17) is 9.47 Å². The number of halogens is 1. The Morgan fingerprint density at radius 1 is 1.25 bits per heavy atom. The van der Waals surface area contributed by atoms with Crippen LogP contribution in [0.15, 0.2) is 36.7 Å². The number of alkyl halides is 1. The highest BCUT2D eigenvalue weighted by atomic mass is 19.1. The second kappa shape index (κ2) is 10.6. The van der Waals surface area contributed by atoms with E-state index >= 15 is 0 Å². The molecule has 1 aliphatic carbocycles. The predicted octanol–water partition coefficient (Wildman–Crippen LogP) is 5.21. The van der Waals surface area contributed by atoms with Crippen LogP contribution in [0.5, 0.6) is 11.5 Å². The van der Waals surface area contributed by atoms with Crippen molar-refractivity contribution >= 4 is 11.4 Å². The van der Waals surface area contributed by atoms with Crippen molar-refractivity contribution in [3.05, 3.63) is 47.8 Å². The Balaban J connectivity index is 1.50. The van der Waals surface area contributed by atoms with Gasteiger partial charge in [-0.1, -0.05) is 12.8 Å². The first-order chi connectivity index (χ1) is 17.5. The van der Waals surface area contributed by atoms with Gasteiger partial charge in [0.25, 0.3) is 0 Å². The van der Waals surface area contributed by atoms with E-state index in [0.29, 0.717) is 30.2 Å². The van der Waals surface area contributed by atoms with Gasteiger partial charge in [0.05, 0.1) is 25.6 Å². The quantitative estimate of drug-likeness (QED) is 0.368. The monoisotopic (exact) mass is 495 g/mol. The lowest BCUT2D eigenvalue weighted by Gasteiger charge is -2.24. The first kappa shape index (κ1) is 24.7. The van der Waals surface area contributed by atoms with Gasteiger partial charge in [-0.2, -0.15) is 0 Å². The van der Waals surface area contributed by atoms with E-state index in [2.05, 4.69) is 22.0 Å². The number of methoxy groups -OCH3 is 1. The summed E-state index contributed by atoms with van der Waals surface area (Å²) in [6.45, 7) is 3.10. The molecule has 1 N–H and O–H groups in total. The number of aliphatic hydroxyl groups excluding tert-OH is 1. The third kappa shape index (κ3) is 5.11. The molecule has 0 bridgehead atoms. The number of aliphatic hydroxyl groups is 1. The van der Waals surface area contributed by atoms with Crippen molar-refractivity contribution in [1.29, 1.82) is 0 Å². The molecule has 1 aromatic carbocycles. The van der Waals surface area contributed by atoms with Crippen molar-refractivity contribution in [1.82, 2.24) is 14.3 Å². The summed E-state index contributed by atoms with van der Waals surface area (Å²) in [5, 5.41) is 9.40. The first-order valence-electron chi connectivity index (χ1n) is 12.9. The minimum atomic E-state index is -1.57. The standard InChI is InChI=1S/C28H34FN3O4/c1-18(29)36-26-15-21(14-25(35-2)28(26)24(34)8-7-19-5-6-19)23-17-30-27-16-20(9-11-32(23)27)22-4-3-10-31(22)12-13-33/h9,11,14-19,22,33H,3-8,10,12-13H2,1-2H3. The zero-order valence-electron chi connectivity index (χ0n) is 21.0. The zero-order valence-corrected chi connectivity index (χ0v) is 21.0. The maximum absolute atomic E-state index is 14.0. The number of nitrogens with zero attached hydrogens (tertiary/aromatic N) is 3. The highest BCUT2D eigenvalue weighted by molar-refractivity contribution is 6.02. The number of benzene rings is 1. The fourth-order valence-corrected chi connectivity index (χ4v) is 5.33. The van der Waals surface area contributed by atoms with Crippen LogP contribution in [0.1, 0.15) is 67.4 Å². The molecule has 1 saturated carbocycles.